The number of amides is 2. The number of hydrogen-bond acceptors (Lipinski definition) is 4. The van der Waals surface area contributed by atoms with Crippen molar-refractivity contribution in [1.29, 1.82) is 0 Å². The van der Waals surface area contributed by atoms with Gasteiger partial charge in [-0.05, 0) is 18.2 Å². The normalized spacial score (nSPS) is 17.1. The number of hydrogen-bond donors (Lipinski definition) is 1. The number of benzene rings is 1. The highest BCUT2D eigenvalue weighted by atomic mass is 16.2. The van der Waals surface area contributed by atoms with E-state index in [0.29, 0.717) is 11.4 Å². The largest absolute Gasteiger partial charge is 0.323 e. The Morgan fingerprint density at radius 3 is 2.45 bits per heavy atom. The number of rotatable bonds is 2. The summed E-state index contributed by atoms with van der Waals surface area (Å²) in [6, 6.07) is 10.4. The second-order valence-corrected chi connectivity index (χ2v) is 4.93. The van der Waals surface area contributed by atoms with Crippen LogP contribution in [0.5, 0.6) is 0 Å². The van der Waals surface area contributed by atoms with Gasteiger partial charge in [0.1, 0.15) is 5.82 Å². The van der Waals surface area contributed by atoms with Gasteiger partial charge in [0.05, 0.1) is 5.56 Å². The lowest BCUT2D eigenvalue weighted by Gasteiger charge is -2.31. The molecule has 1 aromatic carbocycles. The molecule has 1 aliphatic heterocycles. The molecule has 2 amide bonds. The highest BCUT2D eigenvalue weighted by Crippen LogP contribution is 2.22. The van der Waals surface area contributed by atoms with Crippen molar-refractivity contribution in [2.24, 2.45) is 0 Å². The van der Waals surface area contributed by atoms with Crippen molar-refractivity contribution in [3.63, 3.8) is 0 Å². The SMILES string of the molecule is CN1C(=O)c2ccccc2C(=O)C1C(=O)Nc1ccccn1. The molecule has 2 aromatic rings. The van der Waals surface area contributed by atoms with E-state index in [4.69, 9.17) is 0 Å². The maximum absolute atomic E-state index is 12.5. The zero-order valence-electron chi connectivity index (χ0n) is 11.8. The molecule has 110 valence electrons. The zero-order valence-corrected chi connectivity index (χ0v) is 11.8. The summed E-state index contributed by atoms with van der Waals surface area (Å²) in [6.45, 7) is 0. The molecule has 0 saturated carbocycles. The van der Waals surface area contributed by atoms with E-state index in [1.165, 1.54) is 13.2 Å². The summed E-state index contributed by atoms with van der Waals surface area (Å²) in [5, 5.41) is 2.56. The Bertz CT molecular complexity index is 758. The van der Waals surface area contributed by atoms with Crippen LogP contribution in [-0.2, 0) is 4.79 Å². The van der Waals surface area contributed by atoms with Gasteiger partial charge in [-0.3, -0.25) is 14.4 Å². The maximum Gasteiger partial charge on any atom is 0.256 e. The minimum Gasteiger partial charge on any atom is -0.323 e. The first-order valence-electron chi connectivity index (χ1n) is 6.72. The Hall–Kier alpha value is -3.02. The molecular weight excluding hydrogens is 282 g/mol. The van der Waals surface area contributed by atoms with Gasteiger partial charge in [-0.25, -0.2) is 4.98 Å². The van der Waals surface area contributed by atoms with E-state index in [2.05, 4.69) is 10.3 Å². The van der Waals surface area contributed by atoms with E-state index < -0.39 is 17.7 Å². The van der Waals surface area contributed by atoms with E-state index >= 15 is 0 Å². The van der Waals surface area contributed by atoms with Crippen LogP contribution in [0.1, 0.15) is 20.7 Å². The predicted molar refractivity (Wildman–Crippen MR) is 79.5 cm³/mol. The number of likely N-dealkylation sites (N-methyl/N-ethyl adjacent to an activating group) is 1. The molecule has 2 heterocycles. The minimum atomic E-state index is -1.19. The van der Waals surface area contributed by atoms with Crippen LogP contribution in [0.2, 0.25) is 0 Å². The van der Waals surface area contributed by atoms with Crippen LogP contribution in [-0.4, -0.2) is 40.6 Å². The average Bonchev–Trinajstić information content (AvgIpc) is 2.54. The van der Waals surface area contributed by atoms with E-state index in [0.717, 1.165) is 4.90 Å². The van der Waals surface area contributed by atoms with Crippen LogP contribution in [0.25, 0.3) is 0 Å². The smallest absolute Gasteiger partial charge is 0.256 e. The highest BCUT2D eigenvalue weighted by molar-refractivity contribution is 6.24. The number of nitrogens with one attached hydrogen (secondary N) is 1. The zero-order chi connectivity index (χ0) is 15.7. The molecule has 1 N–H and O–H groups in total. The van der Waals surface area contributed by atoms with E-state index in [1.807, 2.05) is 0 Å². The summed E-state index contributed by atoms with van der Waals surface area (Å²) in [6.07, 6.45) is 1.53. The molecule has 0 fully saturated rings. The number of Topliss-reactive ketones (excluding diaryl/α,β-unsaturated/α-hetero) is 1. The van der Waals surface area contributed by atoms with Crippen LogP contribution in [0.15, 0.2) is 48.7 Å². The second kappa shape index (κ2) is 5.40. The monoisotopic (exact) mass is 295 g/mol. The number of nitrogens with zero attached hydrogens (tertiary/aromatic N) is 2. The predicted octanol–water partition coefficient (Wildman–Crippen LogP) is 1.36. The number of anilines is 1. The van der Waals surface area contributed by atoms with Gasteiger partial charge in [0.15, 0.2) is 11.8 Å². The Kier molecular flexibility index (Phi) is 3.42. The third-order valence-corrected chi connectivity index (χ3v) is 3.54. The van der Waals surface area contributed by atoms with Crippen molar-refractivity contribution in [2.45, 2.75) is 6.04 Å². The molecule has 1 unspecified atom stereocenters. The summed E-state index contributed by atoms with van der Waals surface area (Å²) < 4.78 is 0. The fourth-order valence-corrected chi connectivity index (χ4v) is 2.44. The molecule has 6 heteroatoms. The van der Waals surface area contributed by atoms with Crippen molar-refractivity contribution < 1.29 is 14.4 Å². The fraction of sp³-hybridized carbons (Fsp3) is 0.125. The lowest BCUT2D eigenvalue weighted by molar-refractivity contribution is -0.118. The first-order valence-corrected chi connectivity index (χ1v) is 6.72. The number of carbonyl (C=O) groups excluding carboxylic acids is 3. The van der Waals surface area contributed by atoms with Crippen molar-refractivity contribution in [3.8, 4) is 0 Å². The topological polar surface area (TPSA) is 79.4 Å². The third kappa shape index (κ3) is 2.24. The van der Waals surface area contributed by atoms with Gasteiger partial charge in [0, 0.05) is 18.8 Å². The lowest BCUT2D eigenvalue weighted by Crippen LogP contribution is -2.53. The van der Waals surface area contributed by atoms with Crippen LogP contribution < -0.4 is 5.32 Å². The summed E-state index contributed by atoms with van der Waals surface area (Å²) in [4.78, 5) is 42.4. The summed E-state index contributed by atoms with van der Waals surface area (Å²) >= 11 is 0. The van der Waals surface area contributed by atoms with Crippen molar-refractivity contribution >= 4 is 23.4 Å². The number of ketones is 1. The molecule has 3 rings (SSSR count). The summed E-state index contributed by atoms with van der Waals surface area (Å²) in [5.41, 5.74) is 0.587. The Balaban J connectivity index is 1.93. The molecule has 22 heavy (non-hydrogen) atoms. The molecular formula is C16H13N3O3. The minimum absolute atomic E-state index is 0.270. The molecule has 0 aliphatic carbocycles. The van der Waals surface area contributed by atoms with E-state index in [9.17, 15) is 14.4 Å². The van der Waals surface area contributed by atoms with Gasteiger partial charge in [0.2, 0.25) is 0 Å². The maximum atomic E-state index is 12.5. The molecule has 6 nitrogen and oxygen atoms in total. The van der Waals surface area contributed by atoms with Crippen molar-refractivity contribution in [3.05, 3.63) is 59.8 Å². The highest BCUT2D eigenvalue weighted by Gasteiger charge is 2.40. The third-order valence-electron chi connectivity index (χ3n) is 3.54. The van der Waals surface area contributed by atoms with Crippen LogP contribution in [0.4, 0.5) is 5.82 Å². The van der Waals surface area contributed by atoms with E-state index in [-0.39, 0.29) is 11.5 Å². The van der Waals surface area contributed by atoms with Gasteiger partial charge in [0.25, 0.3) is 11.8 Å². The average molecular weight is 295 g/mol. The number of aromatic nitrogens is 1. The van der Waals surface area contributed by atoms with Crippen LogP contribution in [0, 0.1) is 0 Å². The van der Waals surface area contributed by atoms with Crippen LogP contribution >= 0.6 is 0 Å². The number of pyridine rings is 1. The quantitative estimate of drug-likeness (QED) is 0.848. The van der Waals surface area contributed by atoms with Crippen molar-refractivity contribution in [2.75, 3.05) is 12.4 Å². The number of carbonyl (C=O) groups is 3. The molecule has 0 spiro atoms. The molecule has 1 atom stereocenters. The van der Waals surface area contributed by atoms with Gasteiger partial charge < -0.3 is 10.2 Å². The Morgan fingerprint density at radius 2 is 1.77 bits per heavy atom. The summed E-state index contributed by atoms with van der Waals surface area (Å²) in [7, 11) is 1.44. The summed E-state index contributed by atoms with van der Waals surface area (Å²) in [5.74, 6) is -0.989. The standard InChI is InChI=1S/C16H13N3O3/c1-19-13(15(21)18-12-8-4-5-9-17-12)14(20)10-6-2-3-7-11(10)16(19)22/h2-9,13H,1H3,(H,17,18,21). The van der Waals surface area contributed by atoms with Crippen LogP contribution in [0.3, 0.4) is 0 Å². The first kappa shape index (κ1) is 13.9. The van der Waals surface area contributed by atoms with Gasteiger partial charge in [-0.15, -0.1) is 0 Å². The van der Waals surface area contributed by atoms with Gasteiger partial charge in [-0.1, -0.05) is 24.3 Å². The molecule has 0 saturated heterocycles. The molecule has 1 aliphatic rings. The van der Waals surface area contributed by atoms with Crippen molar-refractivity contribution in [1.82, 2.24) is 9.88 Å². The lowest BCUT2D eigenvalue weighted by atomic mass is 9.92. The Labute approximate surface area is 126 Å². The molecule has 0 bridgehead atoms. The van der Waals surface area contributed by atoms with E-state index in [1.54, 1.807) is 42.5 Å². The molecule has 1 aromatic heterocycles. The molecule has 0 radical (unpaired) electrons. The van der Waals surface area contributed by atoms with Gasteiger partial charge >= 0.3 is 0 Å². The fourth-order valence-electron chi connectivity index (χ4n) is 2.44. The van der Waals surface area contributed by atoms with Gasteiger partial charge in [-0.2, -0.15) is 0 Å². The first-order chi connectivity index (χ1) is 10.6. The number of fused-ring (bicyclic) bond motifs is 1. The Morgan fingerprint density at radius 1 is 1.09 bits per heavy atom. The second-order valence-electron chi connectivity index (χ2n) is 4.93.